The van der Waals surface area contributed by atoms with Crippen molar-refractivity contribution in [2.45, 2.75) is 6.42 Å². The number of hydrogen-bond acceptors (Lipinski definition) is 3. The smallest absolute Gasteiger partial charge is 0.343 e. The first-order valence-electron chi connectivity index (χ1n) is 4.84. The van der Waals surface area contributed by atoms with Crippen molar-refractivity contribution in [3.63, 3.8) is 0 Å². The molecular weight excluding hydrogens is 224 g/mol. The van der Waals surface area contributed by atoms with Crippen LogP contribution in [0.15, 0.2) is 29.8 Å². The summed E-state index contributed by atoms with van der Waals surface area (Å²) in [6.45, 7) is 0. The number of hydrogen-bond donors (Lipinski definition) is 2. The van der Waals surface area contributed by atoms with Gasteiger partial charge in [-0.2, -0.15) is 0 Å². The van der Waals surface area contributed by atoms with E-state index in [1.165, 1.54) is 0 Å². The second kappa shape index (κ2) is 3.86. The van der Waals surface area contributed by atoms with E-state index in [9.17, 15) is 14.4 Å². The van der Waals surface area contributed by atoms with E-state index in [0.29, 0.717) is 11.1 Å². The lowest BCUT2D eigenvalue weighted by atomic mass is 10.0. The van der Waals surface area contributed by atoms with Crippen molar-refractivity contribution in [3.8, 4) is 0 Å². The van der Waals surface area contributed by atoms with Crippen LogP contribution in [-0.4, -0.2) is 27.9 Å². The molecule has 86 valence electrons. The van der Waals surface area contributed by atoms with Gasteiger partial charge in [-0.15, -0.1) is 0 Å². The molecule has 2 rings (SSSR count). The van der Waals surface area contributed by atoms with Gasteiger partial charge in [-0.05, 0) is 11.1 Å². The van der Waals surface area contributed by atoms with Gasteiger partial charge < -0.3 is 10.2 Å². The minimum absolute atomic E-state index is 0.0746. The highest BCUT2D eigenvalue weighted by atomic mass is 16.4. The number of benzene rings is 1. The first kappa shape index (κ1) is 11.1. The molecule has 5 heteroatoms. The summed E-state index contributed by atoms with van der Waals surface area (Å²) < 4.78 is 0. The van der Waals surface area contributed by atoms with Crippen molar-refractivity contribution in [1.82, 2.24) is 0 Å². The highest BCUT2D eigenvalue weighted by Gasteiger charge is 2.31. The minimum Gasteiger partial charge on any atom is -0.477 e. The molecule has 0 saturated carbocycles. The first-order chi connectivity index (χ1) is 8.02. The Morgan fingerprint density at radius 1 is 1.00 bits per heavy atom. The van der Waals surface area contributed by atoms with E-state index in [4.69, 9.17) is 10.2 Å². The van der Waals surface area contributed by atoms with Crippen molar-refractivity contribution < 1.29 is 24.6 Å². The van der Waals surface area contributed by atoms with E-state index >= 15 is 0 Å². The van der Waals surface area contributed by atoms with Crippen molar-refractivity contribution in [1.29, 1.82) is 0 Å². The Morgan fingerprint density at radius 2 is 1.53 bits per heavy atom. The molecule has 1 aromatic rings. The van der Waals surface area contributed by atoms with Gasteiger partial charge in [0.25, 0.3) is 0 Å². The average Bonchev–Trinajstić information content (AvgIpc) is 2.56. The van der Waals surface area contributed by atoms with Crippen LogP contribution < -0.4 is 0 Å². The van der Waals surface area contributed by atoms with E-state index in [-0.39, 0.29) is 17.8 Å². The third-order valence-corrected chi connectivity index (χ3v) is 2.62. The molecule has 0 heterocycles. The molecule has 0 amide bonds. The maximum absolute atomic E-state index is 11.6. The van der Waals surface area contributed by atoms with E-state index in [2.05, 4.69) is 0 Å². The molecule has 0 fully saturated rings. The van der Waals surface area contributed by atoms with Gasteiger partial charge in [-0.3, -0.25) is 4.79 Å². The van der Waals surface area contributed by atoms with Crippen LogP contribution in [0.25, 0.3) is 5.57 Å². The molecule has 0 bridgehead atoms. The Balaban J connectivity index is 2.71. The number of carboxylic acids is 2. The van der Waals surface area contributed by atoms with Crippen LogP contribution >= 0.6 is 0 Å². The third kappa shape index (κ3) is 1.71. The fourth-order valence-electron chi connectivity index (χ4n) is 1.91. The highest BCUT2D eigenvalue weighted by molar-refractivity contribution is 6.24. The number of carbonyl (C=O) groups is 3. The molecule has 0 saturated heterocycles. The van der Waals surface area contributed by atoms with Gasteiger partial charge in [0.05, 0.1) is 0 Å². The van der Waals surface area contributed by atoms with Crippen LogP contribution in [0.2, 0.25) is 0 Å². The largest absolute Gasteiger partial charge is 0.477 e. The lowest BCUT2D eigenvalue weighted by molar-refractivity contribution is -0.140. The summed E-state index contributed by atoms with van der Waals surface area (Å²) in [4.78, 5) is 33.4. The summed E-state index contributed by atoms with van der Waals surface area (Å²) >= 11 is 0. The lowest BCUT2D eigenvalue weighted by Gasteiger charge is -2.02. The fourth-order valence-corrected chi connectivity index (χ4v) is 1.91. The van der Waals surface area contributed by atoms with Gasteiger partial charge in [-0.1, -0.05) is 24.3 Å². The number of ketones is 1. The van der Waals surface area contributed by atoms with Crippen molar-refractivity contribution in [2.24, 2.45) is 0 Å². The van der Waals surface area contributed by atoms with Gasteiger partial charge >= 0.3 is 11.9 Å². The van der Waals surface area contributed by atoms with E-state index in [0.717, 1.165) is 0 Å². The SMILES string of the molecule is O=C(O)C(C(=O)O)=C1CC(=O)c2ccccc21. The summed E-state index contributed by atoms with van der Waals surface area (Å²) in [5.74, 6) is -3.32. The molecular formula is C12H8O5. The zero-order valence-electron chi connectivity index (χ0n) is 8.64. The molecule has 0 radical (unpaired) electrons. The van der Waals surface area contributed by atoms with Gasteiger partial charge in [0.1, 0.15) is 5.57 Å². The van der Waals surface area contributed by atoms with Crippen LogP contribution in [-0.2, 0) is 9.59 Å². The van der Waals surface area contributed by atoms with E-state index < -0.39 is 17.5 Å². The highest BCUT2D eigenvalue weighted by Crippen LogP contribution is 2.34. The van der Waals surface area contributed by atoms with Crippen LogP contribution in [0.5, 0.6) is 0 Å². The topological polar surface area (TPSA) is 91.7 Å². The number of fused-ring (bicyclic) bond motifs is 1. The third-order valence-electron chi connectivity index (χ3n) is 2.62. The van der Waals surface area contributed by atoms with Crippen LogP contribution in [0.4, 0.5) is 0 Å². The Bertz CT molecular complexity index is 552. The van der Waals surface area contributed by atoms with E-state index in [1.807, 2.05) is 0 Å². The van der Waals surface area contributed by atoms with Crippen molar-refractivity contribution in [2.75, 3.05) is 0 Å². The molecule has 2 N–H and O–H groups in total. The Labute approximate surface area is 96.0 Å². The quantitative estimate of drug-likeness (QED) is 0.454. The zero-order chi connectivity index (χ0) is 12.6. The summed E-state index contributed by atoms with van der Waals surface area (Å²) in [6.07, 6.45) is -0.173. The number of aliphatic carboxylic acids is 2. The molecule has 0 aliphatic heterocycles. The normalized spacial score (nSPS) is 13.4. The molecule has 1 aliphatic rings. The predicted octanol–water partition coefficient (Wildman–Crippen LogP) is 1.20. The molecule has 5 nitrogen and oxygen atoms in total. The van der Waals surface area contributed by atoms with Crippen LogP contribution in [0.1, 0.15) is 22.3 Å². The predicted molar refractivity (Wildman–Crippen MR) is 57.6 cm³/mol. The monoisotopic (exact) mass is 232 g/mol. The summed E-state index contributed by atoms with van der Waals surface area (Å²) in [5, 5.41) is 17.7. The van der Waals surface area contributed by atoms with Crippen LogP contribution in [0, 0.1) is 0 Å². The van der Waals surface area contributed by atoms with Gasteiger partial charge in [0, 0.05) is 12.0 Å². The minimum atomic E-state index is -1.53. The number of carboxylic acid groups (broad SMARTS) is 2. The molecule has 1 aliphatic carbocycles. The standard InChI is InChI=1S/C12H8O5/c13-9-5-8(10(11(14)15)12(16)17)6-3-1-2-4-7(6)9/h1-4H,5H2,(H,14,15)(H,16,17). The molecule has 0 spiro atoms. The molecule has 0 aromatic heterocycles. The molecule has 1 aromatic carbocycles. The Kier molecular flexibility index (Phi) is 2.51. The van der Waals surface area contributed by atoms with Gasteiger partial charge in [0.15, 0.2) is 5.78 Å². The Hall–Kier alpha value is -2.43. The van der Waals surface area contributed by atoms with Gasteiger partial charge in [-0.25, -0.2) is 9.59 Å². The fraction of sp³-hybridized carbons (Fsp3) is 0.0833. The number of carbonyl (C=O) groups excluding carboxylic acids is 1. The Morgan fingerprint density at radius 3 is 2.06 bits per heavy atom. The molecule has 17 heavy (non-hydrogen) atoms. The molecule has 0 atom stereocenters. The molecule has 0 unspecified atom stereocenters. The maximum atomic E-state index is 11.6. The first-order valence-corrected chi connectivity index (χ1v) is 4.84. The lowest BCUT2D eigenvalue weighted by Crippen LogP contribution is -2.13. The maximum Gasteiger partial charge on any atom is 0.343 e. The number of rotatable bonds is 2. The van der Waals surface area contributed by atoms with Crippen LogP contribution in [0.3, 0.4) is 0 Å². The zero-order valence-corrected chi connectivity index (χ0v) is 8.64. The summed E-state index contributed by atoms with van der Waals surface area (Å²) in [7, 11) is 0. The van der Waals surface area contributed by atoms with Gasteiger partial charge in [0.2, 0.25) is 0 Å². The van der Waals surface area contributed by atoms with Crippen molar-refractivity contribution in [3.05, 3.63) is 41.0 Å². The second-order valence-electron chi connectivity index (χ2n) is 3.61. The van der Waals surface area contributed by atoms with Crippen molar-refractivity contribution >= 4 is 23.3 Å². The number of Topliss-reactive ketones (excluding diaryl/α,β-unsaturated/α-hetero) is 1. The second-order valence-corrected chi connectivity index (χ2v) is 3.61. The summed E-state index contributed by atoms with van der Waals surface area (Å²) in [6, 6.07) is 6.41. The van der Waals surface area contributed by atoms with E-state index in [1.54, 1.807) is 24.3 Å². The summed E-state index contributed by atoms with van der Waals surface area (Å²) in [5.41, 5.74) is 0.119. The number of allylic oxidation sites excluding steroid dienone is 1. The average molecular weight is 232 g/mol.